The fraction of sp³-hybridized carbons (Fsp3) is 0.312. The summed E-state index contributed by atoms with van der Waals surface area (Å²) in [5.74, 6) is -0.259. The molecule has 0 fully saturated rings. The van der Waals surface area contributed by atoms with E-state index in [9.17, 15) is 9.59 Å². The number of amides is 2. The maximum absolute atomic E-state index is 11.8. The maximum Gasteiger partial charge on any atom is 0.319 e. The van der Waals surface area contributed by atoms with Crippen LogP contribution in [0.1, 0.15) is 12.5 Å². The highest BCUT2D eigenvalue weighted by Gasteiger charge is 2.05. The minimum atomic E-state index is -0.275. The van der Waals surface area contributed by atoms with Gasteiger partial charge in [-0.25, -0.2) is 9.78 Å². The molecule has 0 aliphatic heterocycles. The molecule has 0 aliphatic carbocycles. The van der Waals surface area contributed by atoms with Crippen LogP contribution in [0, 0.1) is 0 Å². The fourth-order valence-electron chi connectivity index (χ4n) is 1.98. The van der Waals surface area contributed by atoms with Crippen LogP contribution in [0.5, 0.6) is 0 Å². The molecule has 0 spiro atoms. The van der Waals surface area contributed by atoms with Crippen molar-refractivity contribution < 1.29 is 14.3 Å². The molecule has 0 aliphatic rings. The summed E-state index contributed by atoms with van der Waals surface area (Å²) in [6, 6.07) is 6.81. The van der Waals surface area contributed by atoms with Gasteiger partial charge in [0.05, 0.1) is 19.4 Å². The third-order valence-electron chi connectivity index (χ3n) is 3.08. The van der Waals surface area contributed by atoms with Crippen LogP contribution in [0.4, 0.5) is 10.5 Å². The van der Waals surface area contributed by atoms with E-state index in [1.807, 2.05) is 10.8 Å². The summed E-state index contributed by atoms with van der Waals surface area (Å²) >= 11 is 0. The first-order valence-corrected chi connectivity index (χ1v) is 7.42. The van der Waals surface area contributed by atoms with Gasteiger partial charge in [-0.05, 0) is 24.6 Å². The van der Waals surface area contributed by atoms with E-state index in [4.69, 9.17) is 4.74 Å². The number of ether oxygens (including phenoxy) is 1. The van der Waals surface area contributed by atoms with E-state index in [-0.39, 0.29) is 18.4 Å². The summed E-state index contributed by atoms with van der Waals surface area (Å²) in [6.45, 7) is 3.31. The smallest absolute Gasteiger partial charge is 0.319 e. The maximum atomic E-state index is 11.8. The molecule has 0 atom stereocenters. The van der Waals surface area contributed by atoms with Gasteiger partial charge in [-0.2, -0.15) is 0 Å². The van der Waals surface area contributed by atoms with Crippen molar-refractivity contribution in [3.8, 4) is 0 Å². The summed E-state index contributed by atoms with van der Waals surface area (Å²) in [4.78, 5) is 27.1. The molecular weight excluding hydrogens is 296 g/mol. The summed E-state index contributed by atoms with van der Waals surface area (Å²) in [5.41, 5.74) is 1.51. The average Bonchev–Trinajstić information content (AvgIpc) is 3.03. The molecule has 1 aromatic heterocycles. The summed E-state index contributed by atoms with van der Waals surface area (Å²) < 4.78 is 6.77. The van der Waals surface area contributed by atoms with Gasteiger partial charge in [0, 0.05) is 31.2 Å². The molecule has 0 bridgehead atoms. The lowest BCUT2D eigenvalue weighted by atomic mass is 10.1. The number of carbonyl (C=O) groups excluding carboxylic acids is 2. The summed E-state index contributed by atoms with van der Waals surface area (Å²) in [7, 11) is 0. The Bertz CT molecular complexity index is 623. The second-order valence-electron chi connectivity index (χ2n) is 4.86. The molecule has 23 heavy (non-hydrogen) atoms. The van der Waals surface area contributed by atoms with Crippen LogP contribution in [-0.2, 0) is 22.5 Å². The largest absolute Gasteiger partial charge is 0.466 e. The number of aromatic nitrogens is 2. The Morgan fingerprint density at radius 3 is 2.70 bits per heavy atom. The Hall–Kier alpha value is -2.83. The van der Waals surface area contributed by atoms with Crippen molar-refractivity contribution in [2.45, 2.75) is 19.9 Å². The van der Waals surface area contributed by atoms with Gasteiger partial charge in [0.15, 0.2) is 0 Å². The number of nitrogens with one attached hydrogen (secondary N) is 2. The van der Waals surface area contributed by atoms with Crippen molar-refractivity contribution in [2.75, 3.05) is 18.5 Å². The SMILES string of the molecule is CCOC(=O)Cc1ccc(NC(=O)NCCn2ccnc2)cc1. The van der Waals surface area contributed by atoms with E-state index < -0.39 is 0 Å². The van der Waals surface area contributed by atoms with E-state index >= 15 is 0 Å². The molecule has 0 unspecified atom stereocenters. The van der Waals surface area contributed by atoms with E-state index in [1.54, 1.807) is 43.7 Å². The fourth-order valence-corrected chi connectivity index (χ4v) is 1.98. The average molecular weight is 316 g/mol. The normalized spacial score (nSPS) is 10.1. The highest BCUT2D eigenvalue weighted by molar-refractivity contribution is 5.89. The molecule has 1 heterocycles. The molecule has 2 aromatic rings. The zero-order valence-electron chi connectivity index (χ0n) is 13.0. The first-order chi connectivity index (χ1) is 11.2. The van der Waals surface area contributed by atoms with Gasteiger partial charge in [-0.1, -0.05) is 12.1 Å². The number of rotatable bonds is 7. The van der Waals surface area contributed by atoms with Gasteiger partial charge in [0.25, 0.3) is 0 Å². The van der Waals surface area contributed by atoms with E-state index in [1.165, 1.54) is 0 Å². The highest BCUT2D eigenvalue weighted by Crippen LogP contribution is 2.10. The van der Waals surface area contributed by atoms with E-state index in [0.29, 0.717) is 25.4 Å². The monoisotopic (exact) mass is 316 g/mol. The van der Waals surface area contributed by atoms with Gasteiger partial charge < -0.3 is 19.9 Å². The van der Waals surface area contributed by atoms with Crippen LogP contribution in [0.15, 0.2) is 43.0 Å². The Morgan fingerprint density at radius 2 is 2.04 bits per heavy atom. The quantitative estimate of drug-likeness (QED) is 0.763. The second-order valence-corrected chi connectivity index (χ2v) is 4.86. The second kappa shape index (κ2) is 8.57. The number of nitrogens with zero attached hydrogens (tertiary/aromatic N) is 2. The predicted molar refractivity (Wildman–Crippen MR) is 86.0 cm³/mol. The molecule has 1 aromatic carbocycles. The first kappa shape index (κ1) is 16.5. The molecule has 7 heteroatoms. The van der Waals surface area contributed by atoms with E-state index in [2.05, 4.69) is 15.6 Å². The zero-order chi connectivity index (χ0) is 16.5. The number of carbonyl (C=O) groups is 2. The van der Waals surface area contributed by atoms with Crippen LogP contribution < -0.4 is 10.6 Å². The van der Waals surface area contributed by atoms with Crippen molar-refractivity contribution in [3.05, 3.63) is 48.5 Å². The predicted octanol–water partition coefficient (Wildman–Crippen LogP) is 1.81. The van der Waals surface area contributed by atoms with Gasteiger partial charge in [-0.15, -0.1) is 0 Å². The van der Waals surface area contributed by atoms with Crippen LogP contribution in [0.3, 0.4) is 0 Å². The Labute approximate surface area is 134 Å². The van der Waals surface area contributed by atoms with Crippen molar-refractivity contribution in [1.29, 1.82) is 0 Å². The highest BCUT2D eigenvalue weighted by atomic mass is 16.5. The van der Waals surface area contributed by atoms with Crippen LogP contribution in [-0.4, -0.2) is 34.7 Å². The van der Waals surface area contributed by atoms with Crippen molar-refractivity contribution in [2.24, 2.45) is 0 Å². The number of anilines is 1. The standard InChI is InChI=1S/C16H20N4O3/c1-2-23-15(21)11-13-3-5-14(6-4-13)19-16(22)18-8-10-20-9-7-17-12-20/h3-7,9,12H,2,8,10-11H2,1H3,(H2,18,19,22). The Balaban J connectivity index is 1.74. The lowest BCUT2D eigenvalue weighted by Crippen LogP contribution is -2.31. The summed E-state index contributed by atoms with van der Waals surface area (Å²) in [5, 5.41) is 5.50. The van der Waals surface area contributed by atoms with Gasteiger partial charge in [0.2, 0.25) is 0 Å². The molecule has 2 N–H and O–H groups in total. The zero-order valence-corrected chi connectivity index (χ0v) is 13.0. The van der Waals surface area contributed by atoms with Crippen LogP contribution in [0.2, 0.25) is 0 Å². The molecule has 122 valence electrons. The van der Waals surface area contributed by atoms with E-state index in [0.717, 1.165) is 5.56 Å². The number of hydrogen-bond donors (Lipinski definition) is 2. The molecule has 7 nitrogen and oxygen atoms in total. The Morgan fingerprint density at radius 1 is 1.26 bits per heavy atom. The van der Waals surface area contributed by atoms with Gasteiger partial charge in [0.1, 0.15) is 0 Å². The molecule has 0 saturated heterocycles. The third kappa shape index (κ3) is 5.82. The summed E-state index contributed by atoms with van der Waals surface area (Å²) in [6.07, 6.45) is 5.45. The van der Waals surface area contributed by atoms with Crippen LogP contribution in [0.25, 0.3) is 0 Å². The molecule has 2 amide bonds. The number of urea groups is 1. The molecular formula is C16H20N4O3. The van der Waals surface area contributed by atoms with Crippen molar-refractivity contribution in [1.82, 2.24) is 14.9 Å². The number of hydrogen-bond acceptors (Lipinski definition) is 4. The lowest BCUT2D eigenvalue weighted by Gasteiger charge is -2.09. The topological polar surface area (TPSA) is 85.2 Å². The van der Waals surface area contributed by atoms with Crippen LogP contribution >= 0.6 is 0 Å². The van der Waals surface area contributed by atoms with Crippen molar-refractivity contribution >= 4 is 17.7 Å². The molecule has 0 saturated carbocycles. The van der Waals surface area contributed by atoms with Gasteiger partial charge >= 0.3 is 12.0 Å². The number of benzene rings is 1. The third-order valence-corrected chi connectivity index (χ3v) is 3.08. The minimum absolute atomic E-state index is 0.227. The number of imidazole rings is 1. The number of esters is 1. The Kier molecular flexibility index (Phi) is 6.17. The lowest BCUT2D eigenvalue weighted by molar-refractivity contribution is -0.142. The minimum Gasteiger partial charge on any atom is -0.466 e. The first-order valence-electron chi connectivity index (χ1n) is 7.42. The van der Waals surface area contributed by atoms with Gasteiger partial charge in [-0.3, -0.25) is 4.79 Å². The van der Waals surface area contributed by atoms with Crippen molar-refractivity contribution in [3.63, 3.8) is 0 Å². The molecule has 2 rings (SSSR count). The molecule has 0 radical (unpaired) electrons.